The van der Waals surface area contributed by atoms with Gasteiger partial charge >= 0.3 is 5.97 Å². The first-order valence-corrected chi connectivity index (χ1v) is 7.51. The van der Waals surface area contributed by atoms with E-state index in [0.717, 1.165) is 19.3 Å². The summed E-state index contributed by atoms with van der Waals surface area (Å²) < 4.78 is 0.690. The Hall–Kier alpha value is -1.43. The molecule has 1 saturated heterocycles. The predicted molar refractivity (Wildman–Crippen MR) is 77.5 cm³/mol. The lowest BCUT2D eigenvalue weighted by Gasteiger charge is -2.35. The van der Waals surface area contributed by atoms with Gasteiger partial charge in [-0.05, 0) is 53.7 Å². The van der Waals surface area contributed by atoms with E-state index in [1.54, 1.807) is 23.2 Å². The van der Waals surface area contributed by atoms with Crippen molar-refractivity contribution in [2.45, 2.75) is 38.1 Å². The van der Waals surface area contributed by atoms with Crippen molar-refractivity contribution >= 4 is 27.8 Å². The van der Waals surface area contributed by atoms with Gasteiger partial charge in [0, 0.05) is 25.2 Å². The maximum absolute atomic E-state index is 12.5. The molecule has 0 radical (unpaired) electrons. The molecule has 1 aromatic rings. The summed E-state index contributed by atoms with van der Waals surface area (Å²) in [6.45, 7) is 0.694. The second kappa shape index (κ2) is 6.83. The number of amides is 1. The van der Waals surface area contributed by atoms with E-state index in [0.29, 0.717) is 23.1 Å². The number of carbonyl (C=O) groups is 2. The number of carboxylic acid groups (broad SMARTS) is 1. The molecular formula is C14H17BrN2O3. The van der Waals surface area contributed by atoms with Crippen LogP contribution in [0, 0.1) is 0 Å². The number of halogens is 1. The molecule has 5 nitrogen and oxygen atoms in total. The summed E-state index contributed by atoms with van der Waals surface area (Å²) >= 11 is 3.24. The summed E-state index contributed by atoms with van der Waals surface area (Å²) in [5.74, 6) is -0.867. The van der Waals surface area contributed by atoms with Crippen LogP contribution in [0.2, 0.25) is 0 Å². The quantitative estimate of drug-likeness (QED) is 0.855. The van der Waals surface area contributed by atoms with Crippen LogP contribution in [0.25, 0.3) is 0 Å². The van der Waals surface area contributed by atoms with Crippen molar-refractivity contribution in [1.82, 2.24) is 9.88 Å². The van der Waals surface area contributed by atoms with Gasteiger partial charge in [0.1, 0.15) is 4.60 Å². The van der Waals surface area contributed by atoms with Crippen molar-refractivity contribution in [3.05, 3.63) is 28.5 Å². The lowest BCUT2D eigenvalue weighted by atomic mass is 9.97. The Kier molecular flexibility index (Phi) is 5.11. The fourth-order valence-corrected chi connectivity index (χ4v) is 2.76. The molecule has 2 rings (SSSR count). The molecule has 0 aromatic carbocycles. The first kappa shape index (κ1) is 15.0. The molecule has 108 valence electrons. The van der Waals surface area contributed by atoms with Gasteiger partial charge in [0.2, 0.25) is 0 Å². The van der Waals surface area contributed by atoms with Crippen LogP contribution in [-0.2, 0) is 4.79 Å². The summed E-state index contributed by atoms with van der Waals surface area (Å²) in [6, 6.07) is 3.50. The molecule has 1 atom stereocenters. The van der Waals surface area contributed by atoms with Crippen LogP contribution in [0.15, 0.2) is 22.9 Å². The molecule has 1 unspecified atom stereocenters. The van der Waals surface area contributed by atoms with E-state index in [4.69, 9.17) is 5.11 Å². The first-order chi connectivity index (χ1) is 9.58. The van der Waals surface area contributed by atoms with Crippen molar-refractivity contribution in [3.8, 4) is 0 Å². The Morgan fingerprint density at radius 2 is 2.20 bits per heavy atom. The Morgan fingerprint density at radius 1 is 1.40 bits per heavy atom. The number of carboxylic acids is 1. The second-order valence-corrected chi connectivity index (χ2v) is 5.76. The molecular weight excluding hydrogens is 324 g/mol. The standard InChI is InChI=1S/C14H17BrN2O3/c15-12-6-4-10(9-16-12)14(20)17-8-2-1-3-11(17)5-7-13(18)19/h4,6,9,11H,1-3,5,7-8H2,(H,18,19). The summed E-state index contributed by atoms with van der Waals surface area (Å²) in [5.41, 5.74) is 0.551. The van der Waals surface area contributed by atoms with E-state index in [-0.39, 0.29) is 18.4 Å². The van der Waals surface area contributed by atoms with Gasteiger partial charge in [0.25, 0.3) is 5.91 Å². The van der Waals surface area contributed by atoms with Crippen molar-refractivity contribution in [2.75, 3.05) is 6.54 Å². The summed E-state index contributed by atoms with van der Waals surface area (Å²) in [5, 5.41) is 8.80. The number of hydrogen-bond donors (Lipinski definition) is 1. The Bertz CT molecular complexity index is 490. The van der Waals surface area contributed by atoms with Gasteiger partial charge in [-0.2, -0.15) is 0 Å². The molecule has 1 aliphatic rings. The first-order valence-electron chi connectivity index (χ1n) is 6.72. The van der Waals surface area contributed by atoms with Gasteiger partial charge in [-0.3, -0.25) is 9.59 Å². The minimum Gasteiger partial charge on any atom is -0.481 e. The smallest absolute Gasteiger partial charge is 0.303 e. The number of rotatable bonds is 4. The molecule has 0 bridgehead atoms. The van der Waals surface area contributed by atoms with E-state index in [1.807, 2.05) is 0 Å². The molecule has 6 heteroatoms. The third-order valence-electron chi connectivity index (χ3n) is 3.55. The topological polar surface area (TPSA) is 70.5 Å². The zero-order valence-electron chi connectivity index (χ0n) is 11.1. The molecule has 1 N–H and O–H groups in total. The Balaban J connectivity index is 2.08. The molecule has 1 aromatic heterocycles. The zero-order chi connectivity index (χ0) is 14.5. The number of aromatic nitrogens is 1. The van der Waals surface area contributed by atoms with E-state index >= 15 is 0 Å². The van der Waals surface area contributed by atoms with E-state index in [2.05, 4.69) is 20.9 Å². The SMILES string of the molecule is O=C(O)CCC1CCCCN1C(=O)c1ccc(Br)nc1. The average molecular weight is 341 g/mol. The molecule has 1 amide bonds. The van der Waals surface area contributed by atoms with E-state index in [1.165, 1.54) is 0 Å². The molecule has 0 aliphatic carbocycles. The number of piperidine rings is 1. The lowest BCUT2D eigenvalue weighted by Crippen LogP contribution is -2.44. The highest BCUT2D eigenvalue weighted by Crippen LogP contribution is 2.23. The third kappa shape index (κ3) is 3.79. The van der Waals surface area contributed by atoms with Crippen LogP contribution in [0.1, 0.15) is 42.5 Å². The van der Waals surface area contributed by atoms with Gasteiger partial charge in [0.05, 0.1) is 5.56 Å². The second-order valence-electron chi connectivity index (χ2n) is 4.95. The van der Waals surface area contributed by atoms with E-state index in [9.17, 15) is 9.59 Å². The van der Waals surface area contributed by atoms with Crippen LogP contribution >= 0.6 is 15.9 Å². The monoisotopic (exact) mass is 340 g/mol. The number of hydrogen-bond acceptors (Lipinski definition) is 3. The van der Waals surface area contributed by atoms with Gasteiger partial charge in [-0.1, -0.05) is 0 Å². The van der Waals surface area contributed by atoms with E-state index < -0.39 is 5.97 Å². The molecule has 1 fully saturated rings. The fourth-order valence-electron chi connectivity index (χ4n) is 2.53. The minimum atomic E-state index is -0.812. The average Bonchev–Trinajstić information content (AvgIpc) is 2.45. The Morgan fingerprint density at radius 3 is 2.85 bits per heavy atom. The van der Waals surface area contributed by atoms with Gasteiger partial charge < -0.3 is 10.0 Å². The normalized spacial score (nSPS) is 18.9. The van der Waals surface area contributed by atoms with Crippen molar-refractivity contribution in [1.29, 1.82) is 0 Å². The van der Waals surface area contributed by atoms with Gasteiger partial charge in [-0.25, -0.2) is 4.98 Å². The van der Waals surface area contributed by atoms with Crippen LogP contribution in [0.3, 0.4) is 0 Å². The van der Waals surface area contributed by atoms with Crippen molar-refractivity contribution < 1.29 is 14.7 Å². The highest BCUT2D eigenvalue weighted by molar-refractivity contribution is 9.10. The lowest BCUT2D eigenvalue weighted by molar-refractivity contribution is -0.137. The number of carbonyl (C=O) groups excluding carboxylic acids is 1. The number of nitrogens with zero attached hydrogens (tertiary/aromatic N) is 2. The number of pyridine rings is 1. The summed E-state index contributed by atoms with van der Waals surface area (Å²) in [7, 11) is 0. The maximum atomic E-state index is 12.5. The third-order valence-corrected chi connectivity index (χ3v) is 4.02. The van der Waals surface area contributed by atoms with Crippen molar-refractivity contribution in [3.63, 3.8) is 0 Å². The largest absolute Gasteiger partial charge is 0.481 e. The summed E-state index contributed by atoms with van der Waals surface area (Å²) in [6.07, 6.45) is 5.07. The van der Waals surface area contributed by atoms with Crippen LogP contribution < -0.4 is 0 Å². The Labute approximate surface area is 126 Å². The number of likely N-dealkylation sites (tertiary alicyclic amines) is 1. The van der Waals surface area contributed by atoms with Gasteiger partial charge in [-0.15, -0.1) is 0 Å². The molecule has 2 heterocycles. The maximum Gasteiger partial charge on any atom is 0.303 e. The highest BCUT2D eigenvalue weighted by Gasteiger charge is 2.27. The summed E-state index contributed by atoms with van der Waals surface area (Å²) in [4.78, 5) is 29.1. The minimum absolute atomic E-state index is 0.0241. The van der Waals surface area contributed by atoms with Crippen molar-refractivity contribution in [2.24, 2.45) is 0 Å². The zero-order valence-corrected chi connectivity index (χ0v) is 12.7. The predicted octanol–water partition coefficient (Wildman–Crippen LogP) is 2.70. The van der Waals surface area contributed by atoms with Crippen LogP contribution in [-0.4, -0.2) is 39.5 Å². The van der Waals surface area contributed by atoms with Crippen LogP contribution in [0.5, 0.6) is 0 Å². The van der Waals surface area contributed by atoms with Crippen LogP contribution in [0.4, 0.5) is 0 Å². The fraction of sp³-hybridized carbons (Fsp3) is 0.500. The highest BCUT2D eigenvalue weighted by atomic mass is 79.9. The molecule has 0 spiro atoms. The van der Waals surface area contributed by atoms with Gasteiger partial charge in [0.15, 0.2) is 0 Å². The number of aliphatic carboxylic acids is 1. The molecule has 20 heavy (non-hydrogen) atoms. The molecule has 1 aliphatic heterocycles. The molecule has 0 saturated carbocycles.